The van der Waals surface area contributed by atoms with Crippen molar-refractivity contribution < 1.29 is 8.42 Å². The number of hydrogen-bond acceptors (Lipinski definition) is 4. The van der Waals surface area contributed by atoms with Crippen molar-refractivity contribution >= 4 is 27.5 Å². The van der Waals surface area contributed by atoms with Crippen molar-refractivity contribution in [3.63, 3.8) is 0 Å². The monoisotopic (exact) mass is 328 g/mol. The molecule has 2 N–H and O–H groups in total. The third-order valence-electron chi connectivity index (χ3n) is 3.94. The summed E-state index contributed by atoms with van der Waals surface area (Å²) in [7, 11) is -3.13. The Hall–Kier alpha value is -0.720. The third kappa shape index (κ3) is 4.90. The molecule has 0 radical (unpaired) electrons. The third-order valence-corrected chi connectivity index (χ3v) is 7.06. The van der Waals surface area contributed by atoms with Gasteiger partial charge in [0.1, 0.15) is 0 Å². The lowest BCUT2D eigenvalue weighted by Gasteiger charge is -2.36. The lowest BCUT2D eigenvalue weighted by atomic mass is 9.83. The molecule has 0 atom stereocenters. The average Bonchev–Trinajstić information content (AvgIpc) is 2.38. The van der Waals surface area contributed by atoms with Crippen molar-refractivity contribution in [2.24, 2.45) is 5.41 Å². The predicted octanol–water partition coefficient (Wildman–Crippen LogP) is 2.81. The molecule has 6 heteroatoms. The molecule has 0 spiro atoms. The Morgan fingerprint density at radius 2 is 1.95 bits per heavy atom. The minimum Gasteiger partial charge on any atom is -0.399 e. The Kier molecular flexibility index (Phi) is 5.22. The molecule has 118 valence electrons. The summed E-state index contributed by atoms with van der Waals surface area (Å²) in [5, 5.41) is 0. The van der Waals surface area contributed by atoms with Crippen molar-refractivity contribution in [2.45, 2.75) is 31.6 Å². The maximum atomic E-state index is 12.3. The molecule has 2 rings (SSSR count). The molecule has 0 aromatic heterocycles. The molecule has 4 nitrogen and oxygen atoms in total. The fourth-order valence-corrected chi connectivity index (χ4v) is 5.17. The summed E-state index contributed by atoms with van der Waals surface area (Å²) in [5.41, 5.74) is 6.69. The maximum absolute atomic E-state index is 12.3. The van der Waals surface area contributed by atoms with Crippen LogP contribution in [-0.2, 0) is 10.0 Å². The highest BCUT2D eigenvalue weighted by atomic mass is 32.2. The molecule has 0 bridgehead atoms. The van der Waals surface area contributed by atoms with Gasteiger partial charge in [-0.3, -0.25) is 0 Å². The SMILES string of the molecule is CC1(C)CCN(S(=O)(=O)CCSc2cccc(N)c2)CC1. The van der Waals surface area contributed by atoms with Crippen LogP contribution in [-0.4, -0.2) is 37.3 Å². The molecule has 0 saturated carbocycles. The first-order chi connectivity index (χ1) is 9.78. The van der Waals surface area contributed by atoms with Gasteiger partial charge in [-0.25, -0.2) is 12.7 Å². The summed E-state index contributed by atoms with van der Waals surface area (Å²) in [6.07, 6.45) is 1.88. The molecule has 1 aliphatic heterocycles. The second-order valence-corrected chi connectivity index (χ2v) is 9.56. The average molecular weight is 329 g/mol. The zero-order valence-corrected chi connectivity index (χ0v) is 14.3. The van der Waals surface area contributed by atoms with E-state index < -0.39 is 10.0 Å². The van der Waals surface area contributed by atoms with Crippen LogP contribution in [0.1, 0.15) is 26.7 Å². The van der Waals surface area contributed by atoms with Gasteiger partial charge in [0.2, 0.25) is 10.0 Å². The zero-order chi connectivity index (χ0) is 15.5. The highest BCUT2D eigenvalue weighted by Gasteiger charge is 2.31. The quantitative estimate of drug-likeness (QED) is 0.667. The summed E-state index contributed by atoms with van der Waals surface area (Å²) >= 11 is 1.54. The number of sulfonamides is 1. The Morgan fingerprint density at radius 1 is 1.29 bits per heavy atom. The summed E-state index contributed by atoms with van der Waals surface area (Å²) in [6.45, 7) is 5.70. The number of nitrogens with two attached hydrogens (primary N) is 1. The minimum absolute atomic E-state index is 0.187. The maximum Gasteiger partial charge on any atom is 0.214 e. The smallest absolute Gasteiger partial charge is 0.214 e. The fourth-order valence-electron chi connectivity index (χ4n) is 2.37. The number of anilines is 1. The molecule has 1 fully saturated rings. The van der Waals surface area contributed by atoms with Crippen LogP contribution in [0.25, 0.3) is 0 Å². The van der Waals surface area contributed by atoms with Gasteiger partial charge >= 0.3 is 0 Å². The molecular weight excluding hydrogens is 304 g/mol. The number of thioether (sulfide) groups is 1. The van der Waals surface area contributed by atoms with E-state index in [-0.39, 0.29) is 11.2 Å². The normalized spacial score (nSPS) is 19.5. The molecule has 1 heterocycles. The lowest BCUT2D eigenvalue weighted by molar-refractivity contribution is 0.196. The molecule has 1 aliphatic rings. The number of rotatable bonds is 5. The minimum atomic E-state index is -3.13. The Morgan fingerprint density at radius 3 is 2.57 bits per heavy atom. The predicted molar refractivity (Wildman–Crippen MR) is 90.0 cm³/mol. The van der Waals surface area contributed by atoms with Crippen LogP contribution in [0.3, 0.4) is 0 Å². The number of nitrogen functional groups attached to an aromatic ring is 1. The van der Waals surface area contributed by atoms with E-state index in [1.807, 2.05) is 24.3 Å². The van der Waals surface area contributed by atoms with Gasteiger partial charge in [-0.2, -0.15) is 0 Å². The highest BCUT2D eigenvalue weighted by Crippen LogP contribution is 2.31. The van der Waals surface area contributed by atoms with E-state index in [2.05, 4.69) is 13.8 Å². The van der Waals surface area contributed by atoms with E-state index in [1.54, 1.807) is 4.31 Å². The Balaban J connectivity index is 1.84. The van der Waals surface area contributed by atoms with Crippen LogP contribution in [0, 0.1) is 5.41 Å². The zero-order valence-electron chi connectivity index (χ0n) is 12.7. The summed E-state index contributed by atoms with van der Waals surface area (Å²) in [4.78, 5) is 1.02. The van der Waals surface area contributed by atoms with Gasteiger partial charge in [-0.15, -0.1) is 11.8 Å². The van der Waals surface area contributed by atoms with Gasteiger partial charge in [0.05, 0.1) is 5.75 Å². The second kappa shape index (κ2) is 6.58. The van der Waals surface area contributed by atoms with Gasteiger partial charge in [-0.05, 0) is 36.5 Å². The molecular formula is C15H24N2O2S2. The van der Waals surface area contributed by atoms with Crippen molar-refractivity contribution in [3.8, 4) is 0 Å². The number of benzene rings is 1. The molecule has 21 heavy (non-hydrogen) atoms. The van der Waals surface area contributed by atoms with Crippen LogP contribution in [0.4, 0.5) is 5.69 Å². The van der Waals surface area contributed by atoms with E-state index >= 15 is 0 Å². The van der Waals surface area contributed by atoms with Crippen LogP contribution >= 0.6 is 11.8 Å². The summed E-state index contributed by atoms with van der Waals surface area (Å²) in [6, 6.07) is 7.55. The first kappa shape index (κ1) is 16.6. The first-order valence-corrected chi connectivity index (χ1v) is 9.84. The van der Waals surface area contributed by atoms with Crippen LogP contribution in [0.15, 0.2) is 29.2 Å². The number of nitrogens with zero attached hydrogens (tertiary/aromatic N) is 1. The molecule has 1 aromatic rings. The molecule has 0 unspecified atom stereocenters. The standard InChI is InChI=1S/C15H24N2O2S2/c1-15(2)6-8-17(9-7-15)21(18,19)11-10-20-14-5-3-4-13(16)12-14/h3-5,12H,6-11,16H2,1-2H3. The van der Waals surface area contributed by atoms with E-state index in [0.29, 0.717) is 24.5 Å². The van der Waals surface area contributed by atoms with E-state index in [1.165, 1.54) is 11.8 Å². The van der Waals surface area contributed by atoms with Crippen LogP contribution in [0.2, 0.25) is 0 Å². The molecule has 0 amide bonds. The van der Waals surface area contributed by atoms with Gasteiger partial charge in [-0.1, -0.05) is 19.9 Å². The summed E-state index contributed by atoms with van der Waals surface area (Å²) < 4.78 is 26.3. The van der Waals surface area contributed by atoms with E-state index in [0.717, 1.165) is 17.7 Å². The molecule has 1 aromatic carbocycles. The van der Waals surface area contributed by atoms with Crippen molar-refractivity contribution in [2.75, 3.05) is 30.3 Å². The number of piperidine rings is 1. The van der Waals surface area contributed by atoms with E-state index in [4.69, 9.17) is 5.73 Å². The fraction of sp³-hybridized carbons (Fsp3) is 0.600. The van der Waals surface area contributed by atoms with Crippen molar-refractivity contribution in [3.05, 3.63) is 24.3 Å². The van der Waals surface area contributed by atoms with Gasteiger partial charge in [0, 0.05) is 29.4 Å². The van der Waals surface area contributed by atoms with Crippen molar-refractivity contribution in [1.82, 2.24) is 4.31 Å². The van der Waals surface area contributed by atoms with Crippen LogP contribution in [0.5, 0.6) is 0 Å². The van der Waals surface area contributed by atoms with Crippen molar-refractivity contribution in [1.29, 1.82) is 0 Å². The Labute approximate surface area is 132 Å². The van der Waals surface area contributed by atoms with Gasteiger partial charge in [0.25, 0.3) is 0 Å². The Bertz CT molecular complexity index is 575. The van der Waals surface area contributed by atoms with Gasteiger partial charge in [0.15, 0.2) is 0 Å². The summed E-state index contributed by atoms with van der Waals surface area (Å²) in [5.74, 6) is 0.749. The first-order valence-electron chi connectivity index (χ1n) is 7.25. The highest BCUT2D eigenvalue weighted by molar-refractivity contribution is 8.00. The molecule has 0 aliphatic carbocycles. The van der Waals surface area contributed by atoms with Crippen LogP contribution < -0.4 is 5.73 Å². The van der Waals surface area contributed by atoms with E-state index in [9.17, 15) is 8.42 Å². The van der Waals surface area contributed by atoms with Gasteiger partial charge < -0.3 is 5.73 Å². The topological polar surface area (TPSA) is 63.4 Å². The second-order valence-electron chi connectivity index (χ2n) is 6.30. The molecule has 1 saturated heterocycles. The lowest BCUT2D eigenvalue weighted by Crippen LogP contribution is -2.42. The largest absolute Gasteiger partial charge is 0.399 e. The number of hydrogen-bond donors (Lipinski definition) is 1.